The maximum atomic E-state index is 4.30. The molecule has 2 atom stereocenters. The van der Waals surface area contributed by atoms with Gasteiger partial charge in [0, 0.05) is 18.4 Å². The summed E-state index contributed by atoms with van der Waals surface area (Å²) in [5.74, 6) is 0.768. The summed E-state index contributed by atoms with van der Waals surface area (Å²) >= 11 is 0. The lowest BCUT2D eigenvalue weighted by molar-refractivity contribution is 0.394. The quantitative estimate of drug-likeness (QED) is 0.774. The standard InChI is InChI=1S/C15H26N2/c1-5-7-12(3)9-15(17-6-2)14-8-13(4)10-16-11-14/h8,10-12,15,17H,5-7,9H2,1-4H3. The van der Waals surface area contributed by atoms with Gasteiger partial charge in [0.05, 0.1) is 0 Å². The van der Waals surface area contributed by atoms with Crippen molar-refractivity contribution < 1.29 is 0 Å². The van der Waals surface area contributed by atoms with Crippen molar-refractivity contribution in [2.75, 3.05) is 6.54 Å². The van der Waals surface area contributed by atoms with Gasteiger partial charge in [0.1, 0.15) is 0 Å². The minimum absolute atomic E-state index is 0.453. The zero-order valence-electron chi connectivity index (χ0n) is 11.7. The molecule has 0 saturated carbocycles. The van der Waals surface area contributed by atoms with Crippen molar-refractivity contribution in [3.05, 3.63) is 29.6 Å². The number of rotatable bonds is 7. The summed E-state index contributed by atoms with van der Waals surface area (Å²) in [7, 11) is 0. The summed E-state index contributed by atoms with van der Waals surface area (Å²) in [5, 5.41) is 3.58. The molecule has 0 amide bonds. The van der Waals surface area contributed by atoms with Crippen molar-refractivity contribution in [3.63, 3.8) is 0 Å². The molecule has 0 saturated heterocycles. The molecule has 2 unspecified atom stereocenters. The van der Waals surface area contributed by atoms with Crippen LogP contribution < -0.4 is 5.32 Å². The fraction of sp³-hybridized carbons (Fsp3) is 0.667. The van der Waals surface area contributed by atoms with Crippen molar-refractivity contribution in [1.29, 1.82) is 0 Å². The Bertz CT molecular complexity index is 322. The van der Waals surface area contributed by atoms with Crippen LogP contribution in [-0.4, -0.2) is 11.5 Å². The lowest BCUT2D eigenvalue weighted by atomic mass is 9.93. The van der Waals surface area contributed by atoms with E-state index in [0.717, 1.165) is 12.5 Å². The molecule has 0 aliphatic carbocycles. The van der Waals surface area contributed by atoms with Gasteiger partial charge < -0.3 is 5.32 Å². The smallest absolute Gasteiger partial charge is 0.0338 e. The number of pyridine rings is 1. The number of hydrogen-bond acceptors (Lipinski definition) is 2. The van der Waals surface area contributed by atoms with Crippen molar-refractivity contribution in [2.24, 2.45) is 5.92 Å². The fourth-order valence-corrected chi connectivity index (χ4v) is 2.37. The Labute approximate surface area is 106 Å². The van der Waals surface area contributed by atoms with Crippen LogP contribution in [0.25, 0.3) is 0 Å². The molecule has 0 fully saturated rings. The summed E-state index contributed by atoms with van der Waals surface area (Å²) < 4.78 is 0. The van der Waals surface area contributed by atoms with Gasteiger partial charge in [-0.25, -0.2) is 0 Å². The average Bonchev–Trinajstić information content (AvgIpc) is 2.29. The SMILES string of the molecule is CCCC(C)CC(NCC)c1cncc(C)c1. The molecule has 1 aromatic heterocycles. The summed E-state index contributed by atoms with van der Waals surface area (Å²) in [4.78, 5) is 4.30. The van der Waals surface area contributed by atoms with Crippen LogP contribution >= 0.6 is 0 Å². The average molecular weight is 234 g/mol. The van der Waals surface area contributed by atoms with Crippen LogP contribution in [0.15, 0.2) is 18.5 Å². The molecule has 0 spiro atoms. The first kappa shape index (κ1) is 14.2. The number of nitrogens with zero attached hydrogens (tertiary/aromatic N) is 1. The first-order valence-corrected chi connectivity index (χ1v) is 6.82. The van der Waals surface area contributed by atoms with E-state index in [1.165, 1.54) is 30.4 Å². The zero-order chi connectivity index (χ0) is 12.7. The fourth-order valence-electron chi connectivity index (χ4n) is 2.37. The van der Waals surface area contributed by atoms with Crippen molar-refractivity contribution >= 4 is 0 Å². The largest absolute Gasteiger partial charge is 0.310 e. The Morgan fingerprint density at radius 2 is 2.06 bits per heavy atom. The molecule has 0 bridgehead atoms. The third kappa shape index (κ3) is 4.86. The summed E-state index contributed by atoms with van der Waals surface area (Å²) in [6.07, 6.45) is 7.70. The highest BCUT2D eigenvalue weighted by atomic mass is 14.9. The van der Waals surface area contributed by atoms with E-state index in [0.29, 0.717) is 6.04 Å². The molecule has 0 aromatic carbocycles. The van der Waals surface area contributed by atoms with E-state index in [4.69, 9.17) is 0 Å². The Morgan fingerprint density at radius 3 is 2.65 bits per heavy atom. The van der Waals surface area contributed by atoms with Crippen LogP contribution in [0.3, 0.4) is 0 Å². The monoisotopic (exact) mass is 234 g/mol. The van der Waals surface area contributed by atoms with Gasteiger partial charge in [-0.1, -0.05) is 39.7 Å². The summed E-state index contributed by atoms with van der Waals surface area (Å²) in [6, 6.07) is 2.70. The van der Waals surface area contributed by atoms with E-state index in [9.17, 15) is 0 Å². The topological polar surface area (TPSA) is 24.9 Å². The van der Waals surface area contributed by atoms with Gasteiger partial charge in [-0.15, -0.1) is 0 Å². The third-order valence-electron chi connectivity index (χ3n) is 3.17. The second kappa shape index (κ2) is 7.44. The Hall–Kier alpha value is -0.890. The predicted molar refractivity (Wildman–Crippen MR) is 74.1 cm³/mol. The van der Waals surface area contributed by atoms with Crippen molar-refractivity contribution in [3.8, 4) is 0 Å². The predicted octanol–water partition coefficient (Wildman–Crippen LogP) is 3.87. The van der Waals surface area contributed by atoms with Crippen LogP contribution in [0.2, 0.25) is 0 Å². The second-order valence-corrected chi connectivity index (χ2v) is 5.04. The highest BCUT2D eigenvalue weighted by Gasteiger charge is 2.14. The van der Waals surface area contributed by atoms with Gasteiger partial charge >= 0.3 is 0 Å². The molecule has 1 heterocycles. The first-order chi connectivity index (χ1) is 8.17. The van der Waals surface area contributed by atoms with E-state index in [1.54, 1.807) is 0 Å². The normalized spacial score (nSPS) is 14.6. The molecule has 2 heteroatoms. The van der Waals surface area contributed by atoms with Gasteiger partial charge in [-0.05, 0) is 36.9 Å². The molecular weight excluding hydrogens is 208 g/mol. The van der Waals surface area contributed by atoms with Crippen molar-refractivity contribution in [2.45, 2.75) is 53.0 Å². The molecule has 96 valence electrons. The zero-order valence-corrected chi connectivity index (χ0v) is 11.7. The summed E-state index contributed by atoms with van der Waals surface area (Å²) in [5.41, 5.74) is 2.57. The number of hydrogen-bond donors (Lipinski definition) is 1. The lowest BCUT2D eigenvalue weighted by Gasteiger charge is -2.22. The Kier molecular flexibility index (Phi) is 6.20. The van der Waals surface area contributed by atoms with E-state index in [1.807, 2.05) is 12.4 Å². The Morgan fingerprint density at radius 1 is 1.29 bits per heavy atom. The molecule has 0 aliphatic heterocycles. The lowest BCUT2D eigenvalue weighted by Crippen LogP contribution is -2.23. The molecule has 0 radical (unpaired) electrons. The van der Waals surface area contributed by atoms with E-state index in [2.05, 4.69) is 44.1 Å². The van der Waals surface area contributed by atoms with Gasteiger partial charge in [0.25, 0.3) is 0 Å². The molecule has 0 aliphatic rings. The maximum Gasteiger partial charge on any atom is 0.0338 e. The minimum Gasteiger partial charge on any atom is -0.310 e. The van der Waals surface area contributed by atoms with Crippen LogP contribution in [0.4, 0.5) is 0 Å². The first-order valence-electron chi connectivity index (χ1n) is 6.82. The third-order valence-corrected chi connectivity index (χ3v) is 3.17. The highest BCUT2D eigenvalue weighted by molar-refractivity contribution is 5.20. The molecule has 1 aromatic rings. The van der Waals surface area contributed by atoms with Gasteiger partial charge in [-0.2, -0.15) is 0 Å². The van der Waals surface area contributed by atoms with E-state index in [-0.39, 0.29) is 0 Å². The number of aromatic nitrogens is 1. The van der Waals surface area contributed by atoms with Gasteiger partial charge in [0.15, 0.2) is 0 Å². The van der Waals surface area contributed by atoms with Crippen molar-refractivity contribution in [1.82, 2.24) is 10.3 Å². The molecule has 17 heavy (non-hydrogen) atoms. The van der Waals surface area contributed by atoms with E-state index < -0.39 is 0 Å². The van der Waals surface area contributed by atoms with Crippen LogP contribution in [0.5, 0.6) is 0 Å². The molecule has 1 N–H and O–H groups in total. The van der Waals surface area contributed by atoms with E-state index >= 15 is 0 Å². The minimum atomic E-state index is 0.453. The molecule has 2 nitrogen and oxygen atoms in total. The van der Waals surface area contributed by atoms with Crippen LogP contribution in [0, 0.1) is 12.8 Å². The molecular formula is C15H26N2. The second-order valence-electron chi connectivity index (χ2n) is 5.04. The number of nitrogens with one attached hydrogen (secondary N) is 1. The highest BCUT2D eigenvalue weighted by Crippen LogP contribution is 2.23. The van der Waals surface area contributed by atoms with Gasteiger partial charge in [-0.3, -0.25) is 4.98 Å². The molecule has 1 rings (SSSR count). The number of aryl methyl sites for hydroxylation is 1. The van der Waals surface area contributed by atoms with Crippen LogP contribution in [0.1, 0.15) is 57.2 Å². The maximum absolute atomic E-state index is 4.30. The van der Waals surface area contributed by atoms with Crippen LogP contribution in [-0.2, 0) is 0 Å². The summed E-state index contributed by atoms with van der Waals surface area (Å²) in [6.45, 7) is 9.89. The van der Waals surface area contributed by atoms with Gasteiger partial charge in [0.2, 0.25) is 0 Å². The Balaban J connectivity index is 2.71.